The molecule has 2 aromatic rings. The molecule has 1 aliphatic carbocycles. The molecule has 23 nitrogen and oxygen atoms in total. The molecule has 1 amide bonds. The number of aromatic nitrogens is 4. The third-order valence-corrected chi connectivity index (χ3v) is 19.8. The number of aliphatic hydroxyl groups excluding tert-OH is 3. The number of cyclic esters (lactones) is 1. The van der Waals surface area contributed by atoms with Gasteiger partial charge in [0.15, 0.2) is 12.4 Å². The molecule has 0 aromatic carbocycles. The highest BCUT2D eigenvalue weighted by Crippen LogP contribution is 2.38. The van der Waals surface area contributed by atoms with Crippen LogP contribution in [0.4, 0.5) is 11.9 Å². The summed E-state index contributed by atoms with van der Waals surface area (Å²) in [6.45, 7) is 17.7. The first-order valence-electron chi connectivity index (χ1n) is 34.1. The number of methoxy groups -OCH3 is 3. The van der Waals surface area contributed by atoms with Crippen molar-refractivity contribution in [3.63, 3.8) is 0 Å². The molecular formula is C71H109N9O14. The number of carbonyl (C=O) groups excluding carboxylic acids is 4. The lowest BCUT2D eigenvalue weighted by Crippen LogP contribution is -2.61. The summed E-state index contributed by atoms with van der Waals surface area (Å²) in [4.78, 5) is 89.5. The van der Waals surface area contributed by atoms with E-state index in [0.717, 1.165) is 29.7 Å². The Bertz CT molecular complexity index is 2930. The highest BCUT2D eigenvalue weighted by Gasteiger charge is 2.53. The number of anilines is 2. The predicted octanol–water partition coefficient (Wildman–Crippen LogP) is 7.12. The van der Waals surface area contributed by atoms with Crippen LogP contribution in [-0.4, -0.2) is 221 Å². The number of amides is 1. The quantitative estimate of drug-likeness (QED) is 0.0563. The maximum atomic E-state index is 14.7. The molecule has 4 fully saturated rings. The van der Waals surface area contributed by atoms with Gasteiger partial charge in [0.1, 0.15) is 24.4 Å². The van der Waals surface area contributed by atoms with E-state index in [0.29, 0.717) is 107 Å². The topological polar surface area (TPSA) is 281 Å². The molecule has 7 rings (SSSR count). The van der Waals surface area contributed by atoms with Gasteiger partial charge >= 0.3 is 5.97 Å². The van der Waals surface area contributed by atoms with Crippen molar-refractivity contribution in [3.8, 4) is 0 Å². The van der Waals surface area contributed by atoms with Gasteiger partial charge in [0.05, 0.1) is 42.3 Å². The van der Waals surface area contributed by atoms with Crippen molar-refractivity contribution in [1.82, 2.24) is 29.7 Å². The van der Waals surface area contributed by atoms with Gasteiger partial charge in [-0.3, -0.25) is 14.4 Å². The number of nitrogens with zero attached hydrogens (tertiary/aromatic N) is 9. The largest absolute Gasteiger partial charge is 0.460 e. The molecule has 1 saturated carbocycles. The second-order valence-electron chi connectivity index (χ2n) is 27.7. The zero-order valence-corrected chi connectivity index (χ0v) is 58.0. The minimum Gasteiger partial charge on any atom is -0.460 e. The van der Waals surface area contributed by atoms with E-state index in [2.05, 4.69) is 42.8 Å². The molecule has 522 valence electrons. The average molecular weight is 1310 g/mol. The molecule has 23 heteroatoms. The van der Waals surface area contributed by atoms with Crippen molar-refractivity contribution in [3.05, 3.63) is 83.5 Å². The van der Waals surface area contributed by atoms with Gasteiger partial charge in [0.2, 0.25) is 17.7 Å². The number of oxime groups is 1. The number of allylic oxidation sites excluding steroid dienone is 5. The number of carbonyl (C=O) groups is 4. The third kappa shape index (κ3) is 20.6. The zero-order chi connectivity index (χ0) is 68.4. The van der Waals surface area contributed by atoms with E-state index >= 15 is 0 Å². The number of hydrogen-bond donors (Lipinski definition) is 4. The summed E-state index contributed by atoms with van der Waals surface area (Å²) in [5.41, 5.74) is 3.52. The Kier molecular flexibility index (Phi) is 28.8. The number of ether oxygens (including phenoxy) is 5. The fourth-order valence-electron chi connectivity index (χ4n) is 14.0. The molecule has 0 spiro atoms. The number of likely N-dealkylation sites (N-methyl/N-ethyl adjacent to an activating group) is 1. The van der Waals surface area contributed by atoms with Crippen molar-refractivity contribution >= 4 is 41.1 Å². The number of Topliss-reactive ketones (excluding diaryl/α,β-unsaturated/α-hetero) is 2. The third-order valence-electron chi connectivity index (χ3n) is 19.8. The Labute approximate surface area is 557 Å². The van der Waals surface area contributed by atoms with Crippen LogP contribution in [0.25, 0.3) is 0 Å². The molecule has 5 aliphatic rings. The van der Waals surface area contributed by atoms with Crippen LogP contribution in [0.3, 0.4) is 0 Å². The number of ketones is 2. The minimum absolute atomic E-state index is 0.0118. The lowest BCUT2D eigenvalue weighted by Gasteiger charge is -2.43. The number of piperidine rings is 1. The summed E-state index contributed by atoms with van der Waals surface area (Å²) in [5, 5.41) is 51.8. The summed E-state index contributed by atoms with van der Waals surface area (Å²) >= 11 is 0. The van der Waals surface area contributed by atoms with Gasteiger partial charge in [-0.2, -0.15) is 0 Å². The lowest BCUT2D eigenvalue weighted by atomic mass is 9.78. The zero-order valence-electron chi connectivity index (χ0n) is 58.0. The van der Waals surface area contributed by atoms with E-state index in [1.165, 1.54) is 12.0 Å². The van der Waals surface area contributed by atoms with Gasteiger partial charge in [0, 0.05) is 116 Å². The molecule has 2 bridgehead atoms. The Balaban J connectivity index is 1.11. The summed E-state index contributed by atoms with van der Waals surface area (Å²) in [6, 6.07) is -1.04. The van der Waals surface area contributed by atoms with Crippen molar-refractivity contribution in [2.24, 2.45) is 40.7 Å². The van der Waals surface area contributed by atoms with E-state index in [4.69, 9.17) is 38.5 Å². The van der Waals surface area contributed by atoms with Crippen LogP contribution in [0.5, 0.6) is 0 Å². The van der Waals surface area contributed by atoms with Crippen molar-refractivity contribution in [1.29, 1.82) is 0 Å². The number of aliphatic hydroxyl groups is 4. The van der Waals surface area contributed by atoms with E-state index in [-0.39, 0.29) is 74.0 Å². The predicted molar refractivity (Wildman–Crippen MR) is 359 cm³/mol. The average Bonchev–Trinajstić information content (AvgIpc) is 0.794. The van der Waals surface area contributed by atoms with E-state index in [1.807, 2.05) is 85.4 Å². The highest BCUT2D eigenvalue weighted by molar-refractivity contribution is 6.39. The molecule has 6 heterocycles. The maximum absolute atomic E-state index is 14.7. The fraction of sp³-hybridized carbons (Fsp3) is 0.704. The first kappa shape index (κ1) is 75.5. The molecule has 3 saturated heterocycles. The summed E-state index contributed by atoms with van der Waals surface area (Å²) < 4.78 is 30.3. The first-order valence-corrected chi connectivity index (χ1v) is 34.1. The molecule has 4 N–H and O–H groups in total. The number of rotatable bonds is 16. The molecule has 0 unspecified atom stereocenters. The van der Waals surface area contributed by atoms with Gasteiger partial charge in [-0.05, 0) is 146 Å². The van der Waals surface area contributed by atoms with Crippen LogP contribution in [0.1, 0.15) is 143 Å². The van der Waals surface area contributed by atoms with E-state index in [1.54, 1.807) is 46.5 Å². The molecule has 17 atom stereocenters. The Morgan fingerprint density at radius 2 is 1.52 bits per heavy atom. The monoisotopic (exact) mass is 1310 g/mol. The number of piperazine rings is 1. The second-order valence-corrected chi connectivity index (χ2v) is 27.7. The minimum atomic E-state index is -2.45. The van der Waals surface area contributed by atoms with E-state index in [9.17, 15) is 39.6 Å². The molecule has 0 radical (unpaired) electrons. The molecule has 2 aromatic heterocycles. The molecular weight excluding hydrogens is 1200 g/mol. The van der Waals surface area contributed by atoms with Crippen molar-refractivity contribution in [2.45, 2.75) is 212 Å². The van der Waals surface area contributed by atoms with E-state index < -0.39 is 84.1 Å². The fourth-order valence-corrected chi connectivity index (χ4v) is 14.0. The number of fused-ring (bicyclic) bond motifs is 3. The van der Waals surface area contributed by atoms with Crippen LogP contribution in [0.2, 0.25) is 0 Å². The van der Waals surface area contributed by atoms with Gasteiger partial charge in [-0.15, -0.1) is 0 Å². The van der Waals surface area contributed by atoms with Crippen LogP contribution >= 0.6 is 0 Å². The summed E-state index contributed by atoms with van der Waals surface area (Å²) in [7, 11) is 8.74. The number of hydrogen-bond acceptors (Lipinski definition) is 22. The van der Waals surface area contributed by atoms with Crippen molar-refractivity contribution in [2.75, 3.05) is 84.6 Å². The van der Waals surface area contributed by atoms with Gasteiger partial charge in [-0.1, -0.05) is 76.2 Å². The van der Waals surface area contributed by atoms with Crippen LogP contribution in [-0.2, 0) is 54.1 Å². The highest BCUT2D eigenvalue weighted by atomic mass is 16.6. The molecule has 94 heavy (non-hydrogen) atoms. The summed E-state index contributed by atoms with van der Waals surface area (Å²) in [6.07, 6.45) is 18.4. The van der Waals surface area contributed by atoms with Gasteiger partial charge in [-0.25, -0.2) is 24.7 Å². The number of aryl methyl sites for hydroxylation is 2. The van der Waals surface area contributed by atoms with Crippen LogP contribution < -0.4 is 9.80 Å². The van der Waals surface area contributed by atoms with Gasteiger partial charge in [0.25, 0.3) is 11.7 Å². The normalized spacial score (nSPS) is 34.6. The van der Waals surface area contributed by atoms with Crippen LogP contribution in [0.15, 0.2) is 77.5 Å². The van der Waals surface area contributed by atoms with Gasteiger partial charge < -0.3 is 68.5 Å². The first-order chi connectivity index (χ1) is 44.8. The lowest BCUT2D eigenvalue weighted by molar-refractivity contribution is -0.265. The Morgan fingerprint density at radius 3 is 2.21 bits per heavy atom. The van der Waals surface area contributed by atoms with Crippen molar-refractivity contribution < 1.29 is 68.1 Å². The smallest absolute Gasteiger partial charge is 0.329 e. The Morgan fingerprint density at radius 1 is 0.798 bits per heavy atom. The maximum Gasteiger partial charge on any atom is 0.329 e. The van der Waals surface area contributed by atoms with Crippen LogP contribution in [0, 0.1) is 42.4 Å². The standard InChI is InChI=1S/C71H109N9O14/c1-44-19-15-14-16-20-46(3)60(89-11)35-56-26-22-51(8)71(88,94-56)66(85)67(86)80-28-18-17-21-57(80)68(87)93-61(48(5)33-52-24-27-58(82)62(34-52)90-12)36-59(83)47(4)32-50(7)64(84)65(91-13)63(49(6)31-44)76-92-43-55(81)25-23-53-39-74-69(75-40-53)78-29-30-79(54(42-78)41-77(9)10)70-72-37-45(2)38-73-70/h14-16,19-20,32,37-40,44,47-49,51-52,54,56-62,64-65,82-84,88H,17-18,21-31,33-36,41-43H2,1-13H3/b16-14+,19-15+,46-20+,50-32+,76-63?/t44-,47-,48-,49-,51-,52+,54-,56+,57+,58-,59-,60+,61+,62-,64-,65+,71-/m1/s1. The second kappa shape index (κ2) is 35.9. The molecule has 4 aliphatic heterocycles. The number of esters is 1. The SMILES string of the molecule is CO[C@H]1C[C@@H]2CC[C@@H](C)[C@@](O)(O2)C(=O)C(=O)N2CCCC[C@H]2C(=O)O[C@H]([C@H](C)C[C@@H]2CC[C@@H](O)[C@H](OC)C2)C[C@@H](O)[C@H](C)/C=C(\C)[C@@H](O)[C@@H](OC)C(=NOCC(=O)CCc2cnc(N3CCN(c4ncc(C)cn4)[C@H](CN(C)C)C3)nc2)[C@H](C)C[C@H](C)/C=C/C=C/C=C/1C. The Hall–Kier alpha value is -5.89. The summed E-state index contributed by atoms with van der Waals surface area (Å²) in [5.74, 6) is -6.10.